The van der Waals surface area contributed by atoms with Gasteiger partial charge in [-0.15, -0.1) is 0 Å². The van der Waals surface area contributed by atoms with Gasteiger partial charge in [0.2, 0.25) is 0 Å². The minimum atomic E-state index is -0.351. The van der Waals surface area contributed by atoms with Gasteiger partial charge < -0.3 is 4.74 Å². The highest BCUT2D eigenvalue weighted by Crippen LogP contribution is 2.32. The molecule has 0 aromatic heterocycles. The van der Waals surface area contributed by atoms with Crippen LogP contribution in [0.5, 0.6) is 5.75 Å². The topological polar surface area (TPSA) is 33.0 Å². The van der Waals surface area contributed by atoms with Crippen molar-refractivity contribution < 1.29 is 4.74 Å². The smallest absolute Gasteiger partial charge is 0.140 e. The first-order chi connectivity index (χ1) is 6.83. The number of nitriles is 1. The lowest BCUT2D eigenvalue weighted by Crippen LogP contribution is -2.23. The van der Waals surface area contributed by atoms with Crippen LogP contribution in [0.3, 0.4) is 0 Å². The molecule has 0 fully saturated rings. The summed E-state index contributed by atoms with van der Waals surface area (Å²) in [5.41, 5.74) is 0.0187. The fourth-order valence-electron chi connectivity index (χ4n) is 1.07. The van der Waals surface area contributed by atoms with Crippen molar-refractivity contribution in [1.82, 2.24) is 0 Å². The Kier molecular flexibility index (Phi) is 3.64. The molecule has 0 heterocycles. The fraction of sp³-hybridized carbons (Fsp3) is 0.364. The first kappa shape index (κ1) is 12.4. The summed E-state index contributed by atoms with van der Waals surface area (Å²) in [5.74, 6) is 0.504. The quantitative estimate of drug-likeness (QED) is 0.777. The molecule has 0 spiro atoms. The van der Waals surface area contributed by atoms with Gasteiger partial charge in [-0.1, -0.05) is 27.5 Å². The van der Waals surface area contributed by atoms with Gasteiger partial charge >= 0.3 is 0 Å². The van der Waals surface area contributed by atoms with Gasteiger partial charge in [-0.3, -0.25) is 0 Å². The Morgan fingerprint density at radius 1 is 1.40 bits per heavy atom. The van der Waals surface area contributed by atoms with E-state index in [1.165, 1.54) is 0 Å². The highest BCUT2D eigenvalue weighted by Gasteiger charge is 2.17. The van der Waals surface area contributed by atoms with E-state index >= 15 is 0 Å². The Labute approximate surface area is 103 Å². The van der Waals surface area contributed by atoms with E-state index in [2.05, 4.69) is 15.9 Å². The summed E-state index contributed by atoms with van der Waals surface area (Å²) >= 11 is 9.24. The summed E-state index contributed by atoms with van der Waals surface area (Å²) in [6.45, 7) is 5.76. The number of ether oxygens (including phenoxy) is 1. The standard InChI is InChI=1S/C11H11BrClNO/c1-11(2,3)15-10-5-7(12)4-9(13)8(10)6-14/h4-5H,1-3H3. The molecule has 0 radical (unpaired) electrons. The summed E-state index contributed by atoms with van der Waals surface area (Å²) in [5, 5.41) is 9.35. The molecule has 0 aliphatic rings. The Balaban J connectivity index is 3.23. The van der Waals surface area contributed by atoms with Crippen LogP contribution in [0, 0.1) is 11.3 Å². The van der Waals surface area contributed by atoms with Crippen molar-refractivity contribution in [3.63, 3.8) is 0 Å². The van der Waals surface area contributed by atoms with E-state index in [-0.39, 0.29) is 5.60 Å². The molecule has 0 N–H and O–H groups in total. The first-order valence-electron chi connectivity index (χ1n) is 4.41. The molecule has 1 aromatic rings. The Bertz CT molecular complexity index is 418. The molecule has 0 amide bonds. The molecular formula is C11H11BrClNO. The lowest BCUT2D eigenvalue weighted by atomic mass is 10.1. The summed E-state index contributed by atoms with van der Waals surface area (Å²) in [7, 11) is 0. The summed E-state index contributed by atoms with van der Waals surface area (Å²) < 4.78 is 6.45. The SMILES string of the molecule is CC(C)(C)Oc1cc(Br)cc(Cl)c1C#N. The van der Waals surface area contributed by atoms with E-state index in [0.717, 1.165) is 4.47 Å². The van der Waals surface area contributed by atoms with Crippen LogP contribution >= 0.6 is 27.5 Å². The maximum atomic E-state index is 8.96. The van der Waals surface area contributed by atoms with E-state index in [1.807, 2.05) is 26.8 Å². The van der Waals surface area contributed by atoms with Crippen molar-refractivity contribution in [3.8, 4) is 11.8 Å². The van der Waals surface area contributed by atoms with Crippen molar-refractivity contribution in [3.05, 3.63) is 27.2 Å². The number of benzene rings is 1. The van der Waals surface area contributed by atoms with Crippen molar-refractivity contribution >= 4 is 27.5 Å². The molecular weight excluding hydrogens is 277 g/mol. The Morgan fingerprint density at radius 3 is 2.47 bits per heavy atom. The van der Waals surface area contributed by atoms with Gasteiger partial charge in [0.1, 0.15) is 23.0 Å². The highest BCUT2D eigenvalue weighted by atomic mass is 79.9. The number of halogens is 2. The zero-order chi connectivity index (χ0) is 11.6. The number of hydrogen-bond acceptors (Lipinski definition) is 2. The van der Waals surface area contributed by atoms with Gasteiger partial charge in [-0.2, -0.15) is 5.26 Å². The number of nitrogens with zero attached hydrogens (tertiary/aromatic N) is 1. The number of hydrogen-bond donors (Lipinski definition) is 0. The molecule has 80 valence electrons. The third-order valence-corrected chi connectivity index (χ3v) is 2.30. The maximum Gasteiger partial charge on any atom is 0.140 e. The van der Waals surface area contributed by atoms with Gasteiger partial charge in [0, 0.05) is 4.47 Å². The predicted octanol–water partition coefficient (Wildman–Crippen LogP) is 4.15. The second kappa shape index (κ2) is 4.42. The Hall–Kier alpha value is -0.720. The minimum Gasteiger partial charge on any atom is -0.487 e. The van der Waals surface area contributed by atoms with Gasteiger partial charge in [-0.05, 0) is 32.9 Å². The summed E-state index contributed by atoms with van der Waals surface area (Å²) in [6, 6.07) is 5.46. The minimum absolute atomic E-state index is 0.351. The molecule has 4 heteroatoms. The van der Waals surface area contributed by atoms with E-state index in [1.54, 1.807) is 12.1 Å². The monoisotopic (exact) mass is 287 g/mol. The van der Waals surface area contributed by atoms with Crippen LogP contribution in [0.1, 0.15) is 26.3 Å². The van der Waals surface area contributed by atoms with Crippen LogP contribution < -0.4 is 4.74 Å². The van der Waals surface area contributed by atoms with Crippen molar-refractivity contribution in [2.75, 3.05) is 0 Å². The lowest BCUT2D eigenvalue weighted by molar-refractivity contribution is 0.130. The molecule has 0 saturated carbocycles. The van der Waals surface area contributed by atoms with Gasteiger partial charge in [0.15, 0.2) is 0 Å². The Morgan fingerprint density at radius 2 is 2.00 bits per heavy atom. The third kappa shape index (κ3) is 3.40. The normalized spacial score (nSPS) is 10.9. The predicted molar refractivity (Wildman–Crippen MR) is 64.2 cm³/mol. The third-order valence-electron chi connectivity index (χ3n) is 1.55. The maximum absolute atomic E-state index is 8.96. The summed E-state index contributed by atoms with van der Waals surface area (Å²) in [4.78, 5) is 0. The van der Waals surface area contributed by atoms with Crippen LogP contribution in [0.2, 0.25) is 5.02 Å². The van der Waals surface area contributed by atoms with Crippen LogP contribution in [0.25, 0.3) is 0 Å². The molecule has 0 aliphatic heterocycles. The van der Waals surface area contributed by atoms with Crippen molar-refractivity contribution in [2.24, 2.45) is 0 Å². The average Bonchev–Trinajstić information content (AvgIpc) is 1.99. The molecule has 0 bridgehead atoms. The molecule has 15 heavy (non-hydrogen) atoms. The van der Waals surface area contributed by atoms with Crippen LogP contribution in [0.15, 0.2) is 16.6 Å². The molecule has 0 unspecified atom stereocenters. The zero-order valence-corrected chi connectivity index (χ0v) is 11.1. The van der Waals surface area contributed by atoms with E-state index in [0.29, 0.717) is 16.3 Å². The van der Waals surface area contributed by atoms with Crippen molar-refractivity contribution in [1.29, 1.82) is 5.26 Å². The van der Waals surface area contributed by atoms with Crippen LogP contribution in [0.4, 0.5) is 0 Å². The largest absolute Gasteiger partial charge is 0.487 e. The van der Waals surface area contributed by atoms with Gasteiger partial charge in [0.05, 0.1) is 5.02 Å². The molecule has 0 atom stereocenters. The molecule has 1 aromatic carbocycles. The average molecular weight is 289 g/mol. The van der Waals surface area contributed by atoms with Gasteiger partial charge in [0.25, 0.3) is 0 Å². The van der Waals surface area contributed by atoms with Crippen LogP contribution in [-0.2, 0) is 0 Å². The van der Waals surface area contributed by atoms with Gasteiger partial charge in [-0.25, -0.2) is 0 Å². The number of rotatable bonds is 1. The van der Waals surface area contributed by atoms with Crippen LogP contribution in [-0.4, -0.2) is 5.60 Å². The molecule has 2 nitrogen and oxygen atoms in total. The molecule has 0 aliphatic carbocycles. The van der Waals surface area contributed by atoms with E-state index in [9.17, 15) is 0 Å². The van der Waals surface area contributed by atoms with E-state index < -0.39 is 0 Å². The van der Waals surface area contributed by atoms with Crippen molar-refractivity contribution in [2.45, 2.75) is 26.4 Å². The molecule has 1 rings (SSSR count). The van der Waals surface area contributed by atoms with E-state index in [4.69, 9.17) is 21.6 Å². The fourth-order valence-corrected chi connectivity index (χ4v) is 1.89. The second-order valence-electron chi connectivity index (χ2n) is 4.09. The highest BCUT2D eigenvalue weighted by molar-refractivity contribution is 9.10. The lowest BCUT2D eigenvalue weighted by Gasteiger charge is -2.22. The molecule has 0 saturated heterocycles. The summed E-state index contributed by atoms with van der Waals surface area (Å²) in [6.07, 6.45) is 0. The first-order valence-corrected chi connectivity index (χ1v) is 5.59. The second-order valence-corrected chi connectivity index (χ2v) is 5.41. The zero-order valence-electron chi connectivity index (χ0n) is 8.77.